The zero-order valence-electron chi connectivity index (χ0n) is 14.7. The van der Waals surface area contributed by atoms with Gasteiger partial charge in [-0.05, 0) is 49.8 Å². The zero-order chi connectivity index (χ0) is 18.8. The van der Waals surface area contributed by atoms with E-state index in [1.807, 2.05) is 0 Å². The van der Waals surface area contributed by atoms with Gasteiger partial charge in [-0.2, -0.15) is 13.2 Å². The van der Waals surface area contributed by atoms with Gasteiger partial charge in [-0.3, -0.25) is 0 Å². The highest BCUT2D eigenvalue weighted by atomic mass is 19.4. The standard InChI is InChI=1S/C19H25F3N2O2/c20-19(21,22)15-7-4-8-16(13-15)23-17(25)24-11-9-18(26,10-12-24)14-5-2-1-3-6-14/h4,7-8,13-14,26H,1-3,5-6,9-12H2,(H,23,25). The fourth-order valence-corrected chi connectivity index (χ4v) is 4.12. The molecule has 0 unspecified atom stereocenters. The number of amides is 2. The quantitative estimate of drug-likeness (QED) is 0.797. The first-order valence-electron chi connectivity index (χ1n) is 9.23. The van der Waals surface area contributed by atoms with Gasteiger partial charge in [0.2, 0.25) is 0 Å². The molecule has 0 bridgehead atoms. The van der Waals surface area contributed by atoms with Gasteiger partial charge in [-0.25, -0.2) is 4.79 Å². The number of benzene rings is 1. The average molecular weight is 370 g/mol. The minimum atomic E-state index is -4.44. The number of carbonyl (C=O) groups excluding carboxylic acids is 1. The van der Waals surface area contributed by atoms with Gasteiger partial charge < -0.3 is 15.3 Å². The zero-order valence-corrected chi connectivity index (χ0v) is 14.7. The number of nitrogens with one attached hydrogen (secondary N) is 1. The normalized spacial score (nSPS) is 21.5. The van der Waals surface area contributed by atoms with E-state index in [9.17, 15) is 23.1 Å². The molecule has 144 valence electrons. The fourth-order valence-electron chi connectivity index (χ4n) is 4.12. The molecule has 1 heterocycles. The summed E-state index contributed by atoms with van der Waals surface area (Å²) in [7, 11) is 0. The third kappa shape index (κ3) is 4.31. The van der Waals surface area contributed by atoms with Crippen molar-refractivity contribution in [1.29, 1.82) is 0 Å². The van der Waals surface area contributed by atoms with Crippen molar-refractivity contribution in [3.63, 3.8) is 0 Å². The smallest absolute Gasteiger partial charge is 0.389 e. The number of carbonyl (C=O) groups is 1. The van der Waals surface area contributed by atoms with E-state index in [1.54, 1.807) is 4.90 Å². The first-order valence-corrected chi connectivity index (χ1v) is 9.23. The van der Waals surface area contributed by atoms with Gasteiger partial charge >= 0.3 is 12.2 Å². The lowest BCUT2D eigenvalue weighted by atomic mass is 9.72. The Labute approximate surface area is 151 Å². The second kappa shape index (κ2) is 7.47. The highest BCUT2D eigenvalue weighted by Crippen LogP contribution is 2.39. The molecule has 0 aromatic heterocycles. The first kappa shape index (κ1) is 19.0. The predicted octanol–water partition coefficient (Wildman–Crippen LogP) is 4.64. The molecule has 7 heteroatoms. The molecule has 2 N–H and O–H groups in total. The molecule has 0 atom stereocenters. The number of nitrogens with zero attached hydrogens (tertiary/aromatic N) is 1. The van der Waals surface area contributed by atoms with E-state index in [0.29, 0.717) is 31.8 Å². The number of anilines is 1. The Morgan fingerprint density at radius 2 is 1.81 bits per heavy atom. The van der Waals surface area contributed by atoms with Crippen LogP contribution in [-0.4, -0.2) is 34.7 Å². The third-order valence-corrected chi connectivity index (χ3v) is 5.72. The van der Waals surface area contributed by atoms with E-state index >= 15 is 0 Å². The molecule has 0 spiro atoms. The summed E-state index contributed by atoms with van der Waals surface area (Å²) in [5, 5.41) is 13.5. The van der Waals surface area contributed by atoms with Crippen LogP contribution in [0.3, 0.4) is 0 Å². The largest absolute Gasteiger partial charge is 0.416 e. The molecule has 1 aromatic rings. The van der Waals surface area contributed by atoms with Crippen LogP contribution in [0.15, 0.2) is 24.3 Å². The van der Waals surface area contributed by atoms with Crippen molar-refractivity contribution in [2.45, 2.75) is 56.7 Å². The molecular formula is C19H25F3N2O2. The van der Waals surface area contributed by atoms with E-state index in [0.717, 1.165) is 37.8 Å². The molecule has 26 heavy (non-hydrogen) atoms. The van der Waals surface area contributed by atoms with Crippen molar-refractivity contribution in [2.75, 3.05) is 18.4 Å². The number of alkyl halides is 3. The Balaban J connectivity index is 1.57. The van der Waals surface area contributed by atoms with Crippen LogP contribution in [-0.2, 0) is 6.18 Å². The van der Waals surface area contributed by atoms with Crippen molar-refractivity contribution in [3.05, 3.63) is 29.8 Å². The van der Waals surface area contributed by atoms with Crippen molar-refractivity contribution >= 4 is 11.7 Å². The third-order valence-electron chi connectivity index (χ3n) is 5.72. The average Bonchev–Trinajstić information content (AvgIpc) is 2.62. The fraction of sp³-hybridized carbons (Fsp3) is 0.632. The van der Waals surface area contributed by atoms with Crippen LogP contribution < -0.4 is 5.32 Å². The van der Waals surface area contributed by atoms with Crippen molar-refractivity contribution in [3.8, 4) is 0 Å². The van der Waals surface area contributed by atoms with E-state index < -0.39 is 23.4 Å². The van der Waals surface area contributed by atoms with Crippen LogP contribution >= 0.6 is 0 Å². The topological polar surface area (TPSA) is 52.6 Å². The number of halogens is 3. The van der Waals surface area contributed by atoms with Crippen LogP contribution in [0.25, 0.3) is 0 Å². The molecule has 1 aliphatic carbocycles. The number of urea groups is 1. The summed E-state index contributed by atoms with van der Waals surface area (Å²) >= 11 is 0. The van der Waals surface area contributed by atoms with E-state index in [2.05, 4.69) is 5.32 Å². The summed E-state index contributed by atoms with van der Waals surface area (Å²) in [5.41, 5.74) is -1.38. The maximum Gasteiger partial charge on any atom is 0.416 e. The first-order chi connectivity index (χ1) is 12.3. The molecule has 4 nitrogen and oxygen atoms in total. The van der Waals surface area contributed by atoms with Gasteiger partial charge in [-0.15, -0.1) is 0 Å². The molecule has 0 radical (unpaired) electrons. The number of rotatable bonds is 2. The molecule has 1 aromatic carbocycles. The molecule has 2 fully saturated rings. The Hall–Kier alpha value is -1.76. The van der Waals surface area contributed by atoms with Crippen LogP contribution in [0.1, 0.15) is 50.5 Å². The molecule has 1 saturated carbocycles. The lowest BCUT2D eigenvalue weighted by Gasteiger charge is -2.44. The summed E-state index contributed by atoms with van der Waals surface area (Å²) < 4.78 is 38.3. The maximum absolute atomic E-state index is 12.8. The Morgan fingerprint density at radius 3 is 2.42 bits per heavy atom. The van der Waals surface area contributed by atoms with Gasteiger partial charge in [0, 0.05) is 18.8 Å². The SMILES string of the molecule is O=C(Nc1cccc(C(F)(F)F)c1)N1CCC(O)(C2CCCCC2)CC1. The lowest BCUT2D eigenvalue weighted by molar-refractivity contribution is -0.137. The number of piperidine rings is 1. The minimum Gasteiger partial charge on any atom is -0.389 e. The molecule has 2 aliphatic rings. The minimum absolute atomic E-state index is 0.123. The highest BCUT2D eigenvalue weighted by molar-refractivity contribution is 5.89. The Kier molecular flexibility index (Phi) is 5.46. The number of hydrogen-bond donors (Lipinski definition) is 2. The second-order valence-electron chi connectivity index (χ2n) is 7.43. The number of likely N-dealkylation sites (tertiary alicyclic amines) is 1. The van der Waals surface area contributed by atoms with Gasteiger partial charge in [0.25, 0.3) is 0 Å². The summed E-state index contributed by atoms with van der Waals surface area (Å²) in [6.45, 7) is 0.829. The summed E-state index contributed by atoms with van der Waals surface area (Å²) in [5.74, 6) is 0.296. The molecule has 1 aliphatic heterocycles. The maximum atomic E-state index is 12.8. The van der Waals surface area contributed by atoms with Gasteiger partial charge in [0.05, 0.1) is 11.2 Å². The van der Waals surface area contributed by atoms with E-state index in [1.165, 1.54) is 18.6 Å². The highest BCUT2D eigenvalue weighted by Gasteiger charge is 2.40. The van der Waals surface area contributed by atoms with Crippen molar-refractivity contribution in [2.24, 2.45) is 5.92 Å². The van der Waals surface area contributed by atoms with E-state index in [-0.39, 0.29) is 5.69 Å². The van der Waals surface area contributed by atoms with E-state index in [4.69, 9.17) is 0 Å². The van der Waals surface area contributed by atoms with Crippen molar-refractivity contribution in [1.82, 2.24) is 4.90 Å². The number of aliphatic hydroxyl groups is 1. The number of hydrogen-bond acceptors (Lipinski definition) is 2. The Bertz CT molecular complexity index is 634. The van der Waals surface area contributed by atoms with Gasteiger partial charge in [-0.1, -0.05) is 25.3 Å². The van der Waals surface area contributed by atoms with Crippen LogP contribution in [0.4, 0.5) is 23.7 Å². The summed E-state index contributed by atoms with van der Waals surface area (Å²) in [6.07, 6.45) is 2.18. The molecule has 2 amide bonds. The predicted molar refractivity (Wildman–Crippen MR) is 92.8 cm³/mol. The molecule has 3 rings (SSSR count). The van der Waals surface area contributed by atoms with Gasteiger partial charge in [0.15, 0.2) is 0 Å². The monoisotopic (exact) mass is 370 g/mol. The molecule has 1 saturated heterocycles. The van der Waals surface area contributed by atoms with Crippen molar-refractivity contribution < 1.29 is 23.1 Å². The van der Waals surface area contributed by atoms with Crippen LogP contribution in [0, 0.1) is 5.92 Å². The second-order valence-corrected chi connectivity index (χ2v) is 7.43. The molecular weight excluding hydrogens is 345 g/mol. The Morgan fingerprint density at radius 1 is 1.15 bits per heavy atom. The van der Waals surface area contributed by atoms with Crippen LogP contribution in [0.2, 0.25) is 0 Å². The summed E-state index contributed by atoms with van der Waals surface area (Å²) in [6, 6.07) is 4.20. The summed E-state index contributed by atoms with van der Waals surface area (Å²) in [4.78, 5) is 13.9. The van der Waals surface area contributed by atoms with Gasteiger partial charge in [0.1, 0.15) is 0 Å². The van der Waals surface area contributed by atoms with Crippen LogP contribution in [0.5, 0.6) is 0 Å². The lowest BCUT2D eigenvalue weighted by Crippen LogP contribution is -2.51.